The minimum atomic E-state index is 0. The summed E-state index contributed by atoms with van der Waals surface area (Å²) in [5.74, 6) is 0.576. The smallest absolute Gasteiger partial charge is 0.224 e. The van der Waals surface area contributed by atoms with E-state index in [-0.39, 0.29) is 18.3 Å². The molecule has 3 rings (SSSR count). The summed E-state index contributed by atoms with van der Waals surface area (Å²) in [6.07, 6.45) is 5.40. The van der Waals surface area contributed by atoms with Crippen molar-refractivity contribution < 1.29 is 4.79 Å². The number of aromatic nitrogens is 2. The van der Waals surface area contributed by atoms with Gasteiger partial charge in [-0.15, -0.1) is 12.4 Å². The zero-order valence-corrected chi connectivity index (χ0v) is 13.2. The van der Waals surface area contributed by atoms with Crippen LogP contribution in [0.15, 0.2) is 42.7 Å². The summed E-state index contributed by atoms with van der Waals surface area (Å²) in [6, 6.07) is 9.85. The molecular weight excluding hydrogens is 300 g/mol. The molecule has 1 aliphatic heterocycles. The SMILES string of the molecule is Cl.O=C(CC1CCNC1)Nc1ccc(Cn2cccn2)cc1. The molecule has 2 N–H and O–H groups in total. The number of halogens is 1. The summed E-state index contributed by atoms with van der Waals surface area (Å²) in [5, 5.41) is 10.4. The summed E-state index contributed by atoms with van der Waals surface area (Å²) in [6.45, 7) is 2.73. The van der Waals surface area contributed by atoms with E-state index in [0.717, 1.165) is 37.3 Å². The number of nitrogens with zero attached hydrogens (tertiary/aromatic N) is 2. The second-order valence-corrected chi connectivity index (χ2v) is 5.51. The third-order valence-corrected chi connectivity index (χ3v) is 3.78. The average Bonchev–Trinajstić information content (AvgIpc) is 3.14. The van der Waals surface area contributed by atoms with Gasteiger partial charge in [0.1, 0.15) is 0 Å². The normalized spacial score (nSPS) is 17.0. The van der Waals surface area contributed by atoms with E-state index in [1.165, 1.54) is 0 Å². The Morgan fingerprint density at radius 3 is 2.82 bits per heavy atom. The Hall–Kier alpha value is -1.85. The van der Waals surface area contributed by atoms with Crippen LogP contribution in [-0.4, -0.2) is 28.8 Å². The standard InChI is InChI=1S/C16H20N4O.ClH/c21-16(10-14-6-8-17-11-14)19-15-4-2-13(3-5-15)12-20-9-1-7-18-20;/h1-5,7,9,14,17H,6,8,10-12H2,(H,19,21);1H. The molecule has 1 saturated heterocycles. The molecule has 1 atom stereocenters. The lowest BCUT2D eigenvalue weighted by atomic mass is 10.0. The molecule has 0 bridgehead atoms. The number of amides is 1. The summed E-state index contributed by atoms with van der Waals surface area (Å²) in [5.41, 5.74) is 2.02. The van der Waals surface area contributed by atoms with Crippen molar-refractivity contribution in [3.05, 3.63) is 48.3 Å². The highest BCUT2D eigenvalue weighted by molar-refractivity contribution is 5.90. The Morgan fingerprint density at radius 1 is 1.36 bits per heavy atom. The number of hydrogen-bond acceptors (Lipinski definition) is 3. The van der Waals surface area contributed by atoms with Crippen molar-refractivity contribution >= 4 is 24.0 Å². The molecular formula is C16H21ClN4O. The van der Waals surface area contributed by atoms with Gasteiger partial charge in [-0.1, -0.05) is 12.1 Å². The molecule has 1 unspecified atom stereocenters. The molecule has 1 aromatic heterocycles. The molecule has 0 saturated carbocycles. The molecule has 1 aliphatic rings. The summed E-state index contributed by atoms with van der Waals surface area (Å²) in [4.78, 5) is 12.0. The first-order chi connectivity index (χ1) is 10.3. The van der Waals surface area contributed by atoms with Crippen LogP contribution in [-0.2, 0) is 11.3 Å². The highest BCUT2D eigenvalue weighted by Crippen LogP contribution is 2.15. The van der Waals surface area contributed by atoms with Crippen LogP contribution in [0.3, 0.4) is 0 Å². The first kappa shape index (κ1) is 16.5. The molecule has 0 radical (unpaired) electrons. The molecule has 118 valence electrons. The summed E-state index contributed by atoms with van der Waals surface area (Å²) < 4.78 is 1.88. The molecule has 1 aromatic carbocycles. The van der Waals surface area contributed by atoms with Crippen molar-refractivity contribution in [1.29, 1.82) is 0 Å². The van der Waals surface area contributed by atoms with Crippen LogP contribution in [0.4, 0.5) is 5.69 Å². The number of anilines is 1. The van der Waals surface area contributed by atoms with Gasteiger partial charge in [-0.25, -0.2) is 0 Å². The van der Waals surface area contributed by atoms with E-state index in [2.05, 4.69) is 15.7 Å². The third kappa shape index (κ3) is 4.58. The number of carbonyl (C=O) groups excluding carboxylic acids is 1. The third-order valence-electron chi connectivity index (χ3n) is 3.78. The minimum absolute atomic E-state index is 0. The van der Waals surface area contributed by atoms with Crippen molar-refractivity contribution in [2.45, 2.75) is 19.4 Å². The molecule has 0 spiro atoms. The fraction of sp³-hybridized carbons (Fsp3) is 0.375. The van der Waals surface area contributed by atoms with Crippen molar-refractivity contribution in [2.24, 2.45) is 5.92 Å². The first-order valence-electron chi connectivity index (χ1n) is 7.36. The number of hydrogen-bond donors (Lipinski definition) is 2. The van der Waals surface area contributed by atoms with Gasteiger partial charge in [0.15, 0.2) is 0 Å². The van der Waals surface area contributed by atoms with Crippen LogP contribution in [0.1, 0.15) is 18.4 Å². The van der Waals surface area contributed by atoms with Gasteiger partial charge >= 0.3 is 0 Å². The van der Waals surface area contributed by atoms with E-state index in [4.69, 9.17) is 0 Å². The predicted molar refractivity (Wildman–Crippen MR) is 89.2 cm³/mol. The summed E-state index contributed by atoms with van der Waals surface area (Å²) in [7, 11) is 0. The van der Waals surface area contributed by atoms with Gasteiger partial charge in [0, 0.05) is 24.5 Å². The van der Waals surface area contributed by atoms with Crippen LogP contribution in [0.25, 0.3) is 0 Å². The van der Waals surface area contributed by atoms with E-state index in [9.17, 15) is 4.79 Å². The number of benzene rings is 1. The van der Waals surface area contributed by atoms with Crippen molar-refractivity contribution in [2.75, 3.05) is 18.4 Å². The van der Waals surface area contributed by atoms with Crippen LogP contribution >= 0.6 is 12.4 Å². The van der Waals surface area contributed by atoms with Gasteiger partial charge in [0.2, 0.25) is 5.91 Å². The van der Waals surface area contributed by atoms with E-state index >= 15 is 0 Å². The maximum atomic E-state index is 12.0. The molecule has 2 heterocycles. The highest BCUT2D eigenvalue weighted by Gasteiger charge is 2.17. The van der Waals surface area contributed by atoms with E-state index in [1.807, 2.05) is 41.2 Å². The average molecular weight is 321 g/mol. The number of carbonyl (C=O) groups is 1. The van der Waals surface area contributed by atoms with Gasteiger partial charge in [-0.2, -0.15) is 5.10 Å². The van der Waals surface area contributed by atoms with Crippen molar-refractivity contribution in [3.8, 4) is 0 Å². The molecule has 6 heteroatoms. The maximum Gasteiger partial charge on any atom is 0.224 e. The number of rotatable bonds is 5. The first-order valence-corrected chi connectivity index (χ1v) is 7.36. The quantitative estimate of drug-likeness (QED) is 0.888. The van der Waals surface area contributed by atoms with Crippen LogP contribution < -0.4 is 10.6 Å². The largest absolute Gasteiger partial charge is 0.326 e. The molecule has 5 nitrogen and oxygen atoms in total. The van der Waals surface area contributed by atoms with Crippen LogP contribution in [0.2, 0.25) is 0 Å². The second-order valence-electron chi connectivity index (χ2n) is 5.51. The zero-order valence-electron chi connectivity index (χ0n) is 12.4. The summed E-state index contributed by atoms with van der Waals surface area (Å²) >= 11 is 0. The zero-order chi connectivity index (χ0) is 14.5. The van der Waals surface area contributed by atoms with Crippen LogP contribution in [0, 0.1) is 5.92 Å². The minimum Gasteiger partial charge on any atom is -0.326 e. The van der Waals surface area contributed by atoms with E-state index in [0.29, 0.717) is 12.3 Å². The molecule has 22 heavy (non-hydrogen) atoms. The lowest BCUT2D eigenvalue weighted by molar-refractivity contribution is -0.116. The van der Waals surface area contributed by atoms with Gasteiger partial charge in [0.05, 0.1) is 6.54 Å². The Bertz CT molecular complexity index is 577. The lowest BCUT2D eigenvalue weighted by Gasteiger charge is -2.10. The molecule has 1 amide bonds. The highest BCUT2D eigenvalue weighted by atomic mass is 35.5. The molecule has 1 fully saturated rings. The van der Waals surface area contributed by atoms with Crippen molar-refractivity contribution in [1.82, 2.24) is 15.1 Å². The van der Waals surface area contributed by atoms with Gasteiger partial charge in [-0.3, -0.25) is 9.48 Å². The van der Waals surface area contributed by atoms with E-state index < -0.39 is 0 Å². The maximum absolute atomic E-state index is 12.0. The van der Waals surface area contributed by atoms with Gasteiger partial charge in [0.25, 0.3) is 0 Å². The Labute approximate surface area is 136 Å². The fourth-order valence-corrected chi connectivity index (χ4v) is 2.64. The fourth-order valence-electron chi connectivity index (χ4n) is 2.64. The number of nitrogens with one attached hydrogen (secondary N) is 2. The lowest BCUT2D eigenvalue weighted by Crippen LogP contribution is -2.18. The van der Waals surface area contributed by atoms with Gasteiger partial charge in [-0.05, 0) is 49.2 Å². The Kier molecular flexibility index (Phi) is 5.98. The van der Waals surface area contributed by atoms with Crippen molar-refractivity contribution in [3.63, 3.8) is 0 Å². The Balaban J connectivity index is 0.00000176. The topological polar surface area (TPSA) is 59.0 Å². The van der Waals surface area contributed by atoms with E-state index in [1.54, 1.807) is 6.20 Å². The Morgan fingerprint density at radius 2 is 2.18 bits per heavy atom. The second kappa shape index (κ2) is 7.96. The predicted octanol–water partition coefficient (Wildman–Crippen LogP) is 2.29. The monoisotopic (exact) mass is 320 g/mol. The van der Waals surface area contributed by atoms with Crippen LogP contribution in [0.5, 0.6) is 0 Å². The molecule has 0 aliphatic carbocycles. The van der Waals surface area contributed by atoms with Gasteiger partial charge < -0.3 is 10.6 Å². The molecule has 2 aromatic rings.